The van der Waals surface area contributed by atoms with E-state index in [0.29, 0.717) is 24.0 Å². The first-order chi connectivity index (χ1) is 18.0. The molecule has 4 aromatic rings. The quantitative estimate of drug-likeness (QED) is 0.291. The number of nitrogens with zero attached hydrogens (tertiary/aromatic N) is 3. The Morgan fingerprint density at radius 2 is 1.97 bits per heavy atom. The summed E-state index contributed by atoms with van der Waals surface area (Å²) < 4.78 is 61.2. The summed E-state index contributed by atoms with van der Waals surface area (Å²) in [7, 11) is 1.44. The molecule has 38 heavy (non-hydrogen) atoms. The number of aromatic amines is 1. The van der Waals surface area contributed by atoms with Crippen molar-refractivity contribution in [3.8, 4) is 17.0 Å². The van der Waals surface area contributed by atoms with Crippen LogP contribution in [0.15, 0.2) is 52.3 Å². The van der Waals surface area contributed by atoms with Gasteiger partial charge in [0.1, 0.15) is 11.4 Å². The second-order valence-electron chi connectivity index (χ2n) is 8.69. The van der Waals surface area contributed by atoms with E-state index in [2.05, 4.69) is 15.4 Å². The van der Waals surface area contributed by atoms with Gasteiger partial charge in [-0.25, -0.2) is 14.5 Å². The maximum absolute atomic E-state index is 15.0. The first-order valence-corrected chi connectivity index (χ1v) is 11.5. The first-order valence-electron chi connectivity index (χ1n) is 11.5. The summed E-state index contributed by atoms with van der Waals surface area (Å²) in [6.45, 7) is 1.90. The van der Waals surface area contributed by atoms with Gasteiger partial charge in [-0.05, 0) is 55.5 Å². The summed E-state index contributed by atoms with van der Waals surface area (Å²) in [5.74, 6) is -0.181. The van der Waals surface area contributed by atoms with Crippen LogP contribution in [0.3, 0.4) is 0 Å². The molecule has 0 unspecified atom stereocenters. The van der Waals surface area contributed by atoms with Gasteiger partial charge in [-0.2, -0.15) is 18.3 Å². The minimum absolute atomic E-state index is 0.105. The van der Waals surface area contributed by atoms with Crippen molar-refractivity contribution in [3.63, 3.8) is 0 Å². The van der Waals surface area contributed by atoms with Crippen LogP contribution in [0.5, 0.6) is 5.75 Å². The van der Waals surface area contributed by atoms with E-state index in [1.807, 2.05) is 0 Å². The lowest BCUT2D eigenvalue weighted by Crippen LogP contribution is -2.27. The average molecular weight is 532 g/mol. The van der Waals surface area contributed by atoms with Crippen LogP contribution in [0.2, 0.25) is 0 Å². The Kier molecular flexibility index (Phi) is 7.37. The monoisotopic (exact) mass is 532 g/mol. The molecule has 0 spiro atoms. The smallest absolute Gasteiger partial charge is 0.423 e. The summed E-state index contributed by atoms with van der Waals surface area (Å²) in [6, 6.07) is 7.02. The van der Waals surface area contributed by atoms with Crippen molar-refractivity contribution in [1.82, 2.24) is 19.7 Å². The first kappa shape index (κ1) is 26.6. The van der Waals surface area contributed by atoms with Gasteiger partial charge in [-0.1, -0.05) is 0 Å². The fourth-order valence-corrected chi connectivity index (χ4v) is 4.16. The topological polar surface area (TPSA) is 128 Å². The van der Waals surface area contributed by atoms with Gasteiger partial charge >= 0.3 is 6.18 Å². The summed E-state index contributed by atoms with van der Waals surface area (Å²) in [5, 5.41) is 8.57. The number of nitrogens with one attached hydrogen (secondary N) is 2. The molecule has 1 aromatic carbocycles. The number of aromatic nitrogens is 4. The van der Waals surface area contributed by atoms with E-state index in [4.69, 9.17) is 10.5 Å². The number of halogens is 4. The fourth-order valence-electron chi connectivity index (χ4n) is 4.16. The van der Waals surface area contributed by atoms with Gasteiger partial charge in [0.15, 0.2) is 11.6 Å². The number of nitrogen functional groups attached to an aromatic ring is 1. The Labute approximate surface area is 213 Å². The SMILES string of the molecule is COc1ccc(-c2cc3ccn(CCC[C@H](C)Nc4cn[nH]c(=O)c4C(F)(F)F)c(=O)c3cc2F)nc1N. The van der Waals surface area contributed by atoms with Crippen LogP contribution in [-0.4, -0.2) is 32.9 Å². The van der Waals surface area contributed by atoms with Crippen molar-refractivity contribution in [2.24, 2.45) is 0 Å². The Balaban J connectivity index is 1.48. The number of alkyl halides is 3. The van der Waals surface area contributed by atoms with Crippen LogP contribution in [-0.2, 0) is 12.7 Å². The van der Waals surface area contributed by atoms with Gasteiger partial charge in [-0.15, -0.1) is 0 Å². The molecule has 13 heteroatoms. The van der Waals surface area contributed by atoms with Crippen LogP contribution in [0, 0.1) is 5.82 Å². The third-order valence-corrected chi connectivity index (χ3v) is 6.02. The molecule has 0 aliphatic rings. The van der Waals surface area contributed by atoms with E-state index in [1.165, 1.54) is 17.7 Å². The van der Waals surface area contributed by atoms with Crippen LogP contribution in [0.1, 0.15) is 25.3 Å². The molecule has 0 bridgehead atoms. The zero-order chi connectivity index (χ0) is 27.6. The predicted octanol–water partition coefficient (Wildman–Crippen LogP) is 4.18. The van der Waals surface area contributed by atoms with Crippen LogP contribution < -0.4 is 26.9 Å². The van der Waals surface area contributed by atoms with E-state index in [0.717, 1.165) is 12.3 Å². The minimum Gasteiger partial charge on any atom is -0.493 e. The number of aryl methyl sites for hydroxylation is 1. The number of fused-ring (bicyclic) bond motifs is 1. The van der Waals surface area contributed by atoms with Gasteiger partial charge in [-0.3, -0.25) is 9.59 Å². The number of ether oxygens (including phenoxy) is 1. The molecule has 200 valence electrons. The van der Waals surface area contributed by atoms with Crippen LogP contribution >= 0.6 is 0 Å². The summed E-state index contributed by atoms with van der Waals surface area (Å²) in [6.07, 6.45) is -1.56. The number of hydrogen-bond acceptors (Lipinski definition) is 7. The molecule has 0 amide bonds. The molecule has 1 atom stereocenters. The number of rotatable bonds is 8. The number of benzene rings is 1. The van der Waals surface area contributed by atoms with Crippen molar-refractivity contribution >= 4 is 22.3 Å². The van der Waals surface area contributed by atoms with Crippen LogP contribution in [0.4, 0.5) is 29.1 Å². The lowest BCUT2D eigenvalue weighted by molar-refractivity contribution is -0.138. The molecule has 0 radical (unpaired) electrons. The van der Waals surface area contributed by atoms with Gasteiger partial charge < -0.3 is 20.4 Å². The van der Waals surface area contributed by atoms with Crippen molar-refractivity contribution in [2.45, 2.75) is 38.5 Å². The highest BCUT2D eigenvalue weighted by molar-refractivity contribution is 5.86. The minimum atomic E-state index is -4.85. The second-order valence-corrected chi connectivity index (χ2v) is 8.69. The molecule has 3 heterocycles. The summed E-state index contributed by atoms with van der Waals surface area (Å²) in [5.41, 5.74) is 2.79. The van der Waals surface area contributed by atoms with Crippen LogP contribution in [0.25, 0.3) is 22.0 Å². The van der Waals surface area contributed by atoms with Gasteiger partial charge in [0.25, 0.3) is 11.1 Å². The molecule has 0 fully saturated rings. The van der Waals surface area contributed by atoms with Gasteiger partial charge in [0.2, 0.25) is 0 Å². The third kappa shape index (κ3) is 5.45. The lowest BCUT2D eigenvalue weighted by atomic mass is 10.0. The van der Waals surface area contributed by atoms with E-state index in [-0.39, 0.29) is 29.0 Å². The second kappa shape index (κ2) is 10.5. The number of methoxy groups -OCH3 is 1. The Morgan fingerprint density at radius 1 is 1.21 bits per heavy atom. The van der Waals surface area contributed by atoms with Crippen molar-refractivity contribution in [2.75, 3.05) is 18.2 Å². The molecular weight excluding hydrogens is 508 g/mol. The average Bonchev–Trinajstić information content (AvgIpc) is 2.84. The molecule has 4 rings (SSSR count). The Bertz CT molecular complexity index is 1600. The highest BCUT2D eigenvalue weighted by atomic mass is 19.4. The highest BCUT2D eigenvalue weighted by Gasteiger charge is 2.37. The predicted molar refractivity (Wildman–Crippen MR) is 135 cm³/mol. The van der Waals surface area contributed by atoms with Crippen molar-refractivity contribution < 1.29 is 22.3 Å². The number of pyridine rings is 2. The maximum atomic E-state index is 15.0. The number of H-pyrrole nitrogens is 1. The normalized spacial score (nSPS) is 12.5. The largest absolute Gasteiger partial charge is 0.493 e. The number of nitrogens with two attached hydrogens (primary N) is 1. The Morgan fingerprint density at radius 3 is 2.66 bits per heavy atom. The zero-order valence-corrected chi connectivity index (χ0v) is 20.4. The molecule has 4 N–H and O–H groups in total. The molecule has 0 saturated carbocycles. The maximum Gasteiger partial charge on any atom is 0.423 e. The fraction of sp³-hybridized carbons (Fsp3) is 0.280. The van der Waals surface area contributed by atoms with Crippen molar-refractivity contribution in [3.05, 3.63) is 74.8 Å². The van der Waals surface area contributed by atoms with E-state index < -0.39 is 40.4 Å². The number of anilines is 2. The standard InChI is InChI=1S/C25H24F4N6O3/c1-13(32-19-12-31-34-23(36)21(19)25(27,28)29)4-3-8-35-9-7-14-10-16(17(26)11-15(14)24(35)37)18-5-6-20(38-2)22(30)33-18/h5-7,9-13H,3-4,8H2,1-2H3,(H2,30,33)(H2,32,34,36)/t13-/m0/s1. The third-order valence-electron chi connectivity index (χ3n) is 6.02. The van der Waals surface area contributed by atoms with E-state index >= 15 is 0 Å². The molecule has 9 nitrogen and oxygen atoms in total. The molecular formula is C25H24F4N6O3. The van der Waals surface area contributed by atoms with E-state index in [9.17, 15) is 27.2 Å². The zero-order valence-electron chi connectivity index (χ0n) is 20.4. The Hall–Kier alpha value is -4.42. The number of hydrogen-bond donors (Lipinski definition) is 3. The molecule has 0 aliphatic heterocycles. The molecule has 3 aromatic heterocycles. The van der Waals surface area contributed by atoms with Gasteiger partial charge in [0.05, 0.1) is 30.1 Å². The highest BCUT2D eigenvalue weighted by Crippen LogP contribution is 2.32. The molecule has 0 saturated heterocycles. The van der Waals surface area contributed by atoms with Crippen molar-refractivity contribution in [1.29, 1.82) is 0 Å². The lowest BCUT2D eigenvalue weighted by Gasteiger charge is -2.18. The molecule has 0 aliphatic carbocycles. The summed E-state index contributed by atoms with van der Waals surface area (Å²) >= 11 is 0. The van der Waals surface area contributed by atoms with Gasteiger partial charge in [0, 0.05) is 24.3 Å². The summed E-state index contributed by atoms with van der Waals surface area (Å²) in [4.78, 5) is 28.8. The van der Waals surface area contributed by atoms with E-state index in [1.54, 1.807) is 36.4 Å².